The predicted octanol–water partition coefficient (Wildman–Crippen LogP) is 3.03. The Morgan fingerprint density at radius 2 is 2.13 bits per heavy atom. The van der Waals surface area contributed by atoms with Crippen LogP contribution in [0.1, 0.15) is 64.8 Å². The molecule has 1 aromatic rings. The number of hydrogen-bond donors (Lipinski definition) is 1. The number of amides is 2. The summed E-state index contributed by atoms with van der Waals surface area (Å²) >= 11 is 1.42. The van der Waals surface area contributed by atoms with Crippen LogP contribution >= 0.6 is 11.3 Å². The van der Waals surface area contributed by atoms with Crippen molar-refractivity contribution in [2.45, 2.75) is 65.3 Å². The van der Waals surface area contributed by atoms with E-state index < -0.39 is 0 Å². The zero-order chi connectivity index (χ0) is 17.2. The summed E-state index contributed by atoms with van der Waals surface area (Å²) in [5.74, 6) is -0.0714. The summed E-state index contributed by atoms with van der Waals surface area (Å²) < 4.78 is 0. The lowest BCUT2D eigenvalue weighted by Gasteiger charge is -2.31. The number of aromatic nitrogens is 2. The Balaban J connectivity index is 1.97. The summed E-state index contributed by atoms with van der Waals surface area (Å²) in [7, 11) is 0. The smallest absolute Gasteiger partial charge is 0.231 e. The molecule has 0 aromatic carbocycles. The Morgan fingerprint density at radius 1 is 1.43 bits per heavy atom. The van der Waals surface area contributed by atoms with Crippen LogP contribution in [-0.4, -0.2) is 39.0 Å². The first-order chi connectivity index (χ1) is 10.7. The highest BCUT2D eigenvalue weighted by Gasteiger charge is 2.39. The second-order valence-electron chi connectivity index (χ2n) is 7.20. The van der Waals surface area contributed by atoms with Crippen LogP contribution in [0.25, 0.3) is 0 Å². The molecule has 1 aliphatic heterocycles. The van der Waals surface area contributed by atoms with E-state index in [2.05, 4.69) is 29.4 Å². The summed E-state index contributed by atoms with van der Waals surface area (Å²) in [5.41, 5.74) is -0.252. The molecule has 1 saturated heterocycles. The van der Waals surface area contributed by atoms with E-state index in [9.17, 15) is 9.59 Å². The average Bonchev–Trinajstić information content (AvgIpc) is 3.05. The number of rotatable bonds is 5. The molecule has 23 heavy (non-hydrogen) atoms. The lowest BCUT2D eigenvalue weighted by atomic mass is 10.1. The number of nitrogens with zero attached hydrogens (tertiary/aromatic N) is 3. The molecule has 1 aliphatic rings. The average molecular weight is 338 g/mol. The van der Waals surface area contributed by atoms with Crippen molar-refractivity contribution in [1.82, 2.24) is 15.1 Å². The van der Waals surface area contributed by atoms with Crippen LogP contribution in [0.5, 0.6) is 0 Å². The molecule has 0 bridgehead atoms. The Kier molecular flexibility index (Phi) is 5.39. The summed E-state index contributed by atoms with van der Waals surface area (Å²) in [6.45, 7) is 10.7. The molecule has 1 fully saturated rings. The van der Waals surface area contributed by atoms with Crippen LogP contribution in [0.15, 0.2) is 0 Å². The van der Waals surface area contributed by atoms with Gasteiger partial charge < -0.3 is 10.2 Å². The van der Waals surface area contributed by atoms with E-state index in [0.29, 0.717) is 17.6 Å². The zero-order valence-corrected chi connectivity index (χ0v) is 15.4. The molecule has 1 aromatic heterocycles. The second-order valence-corrected chi connectivity index (χ2v) is 8.21. The lowest BCUT2D eigenvalue weighted by Crippen LogP contribution is -2.42. The van der Waals surface area contributed by atoms with Gasteiger partial charge >= 0.3 is 0 Å². The Morgan fingerprint density at radius 3 is 2.70 bits per heavy atom. The van der Waals surface area contributed by atoms with Crippen molar-refractivity contribution in [3.8, 4) is 0 Å². The number of hydrogen-bond acceptors (Lipinski definition) is 5. The Hall–Kier alpha value is -1.50. The molecule has 0 spiro atoms. The van der Waals surface area contributed by atoms with Gasteiger partial charge in [-0.1, -0.05) is 31.6 Å². The molecule has 128 valence electrons. The first-order valence-electron chi connectivity index (χ1n) is 8.17. The van der Waals surface area contributed by atoms with E-state index in [1.54, 1.807) is 4.90 Å². The first kappa shape index (κ1) is 17.8. The van der Waals surface area contributed by atoms with Crippen LogP contribution in [0.4, 0.5) is 5.13 Å². The van der Waals surface area contributed by atoms with E-state index in [1.165, 1.54) is 11.3 Å². The summed E-state index contributed by atoms with van der Waals surface area (Å²) in [5, 5.41) is 12.5. The van der Waals surface area contributed by atoms with Crippen molar-refractivity contribution in [3.63, 3.8) is 0 Å². The molecule has 1 N–H and O–H groups in total. The molecule has 7 heteroatoms. The molecule has 0 aliphatic carbocycles. The summed E-state index contributed by atoms with van der Waals surface area (Å²) in [6, 6.07) is 0. The molecule has 0 saturated carbocycles. The summed E-state index contributed by atoms with van der Waals surface area (Å²) in [6.07, 6.45) is 2.41. The molecule has 0 unspecified atom stereocenters. The van der Waals surface area contributed by atoms with Gasteiger partial charge in [0, 0.05) is 24.4 Å². The minimum atomic E-state index is -0.317. The van der Waals surface area contributed by atoms with Gasteiger partial charge in [-0.05, 0) is 27.2 Å². The van der Waals surface area contributed by atoms with E-state index in [0.717, 1.165) is 17.8 Å². The summed E-state index contributed by atoms with van der Waals surface area (Å²) in [4.78, 5) is 26.2. The predicted molar refractivity (Wildman–Crippen MR) is 91.4 cm³/mol. The fourth-order valence-corrected chi connectivity index (χ4v) is 3.61. The molecule has 2 amide bonds. The van der Waals surface area contributed by atoms with Crippen LogP contribution in [0.2, 0.25) is 0 Å². The van der Waals surface area contributed by atoms with E-state index in [4.69, 9.17) is 0 Å². The Bertz CT molecular complexity index is 579. The van der Waals surface area contributed by atoms with Gasteiger partial charge in [0.1, 0.15) is 5.01 Å². The number of nitrogens with one attached hydrogen (secondary N) is 1. The van der Waals surface area contributed by atoms with Crippen LogP contribution < -0.4 is 5.32 Å². The van der Waals surface area contributed by atoms with Crippen molar-refractivity contribution in [2.75, 3.05) is 11.9 Å². The van der Waals surface area contributed by atoms with Crippen molar-refractivity contribution in [2.24, 2.45) is 5.92 Å². The van der Waals surface area contributed by atoms with Gasteiger partial charge in [0.25, 0.3) is 0 Å². The van der Waals surface area contributed by atoms with Gasteiger partial charge in [-0.3, -0.25) is 9.59 Å². The van der Waals surface area contributed by atoms with Gasteiger partial charge in [-0.15, -0.1) is 10.2 Å². The van der Waals surface area contributed by atoms with Crippen molar-refractivity contribution < 1.29 is 9.59 Å². The SMILES string of the molecule is CCC[C@@H](C)c1nnc(NC(=O)[C@H]2CC(=O)N(C(C)(C)C)C2)s1. The molecule has 2 atom stereocenters. The third kappa shape index (κ3) is 4.28. The van der Waals surface area contributed by atoms with Crippen molar-refractivity contribution in [1.29, 1.82) is 0 Å². The third-order valence-electron chi connectivity index (χ3n) is 4.12. The monoisotopic (exact) mass is 338 g/mol. The van der Waals surface area contributed by atoms with Crippen molar-refractivity contribution >= 4 is 28.3 Å². The molecule has 6 nitrogen and oxygen atoms in total. The maximum Gasteiger partial charge on any atom is 0.231 e. The number of likely N-dealkylation sites (tertiary alicyclic amines) is 1. The maximum absolute atomic E-state index is 12.4. The van der Waals surface area contributed by atoms with Gasteiger partial charge in [-0.25, -0.2) is 0 Å². The molecule has 2 rings (SSSR count). The minimum absolute atomic E-state index is 0.0344. The number of anilines is 1. The lowest BCUT2D eigenvalue weighted by molar-refractivity contribution is -0.131. The van der Waals surface area contributed by atoms with E-state index in [-0.39, 0.29) is 29.7 Å². The van der Waals surface area contributed by atoms with Gasteiger partial charge in [-0.2, -0.15) is 0 Å². The van der Waals surface area contributed by atoms with E-state index in [1.807, 2.05) is 20.8 Å². The van der Waals surface area contributed by atoms with Crippen LogP contribution in [-0.2, 0) is 9.59 Å². The second kappa shape index (κ2) is 6.95. The topological polar surface area (TPSA) is 75.2 Å². The van der Waals surface area contributed by atoms with Gasteiger partial charge in [0.2, 0.25) is 16.9 Å². The van der Waals surface area contributed by atoms with Crippen molar-refractivity contribution in [3.05, 3.63) is 5.01 Å². The maximum atomic E-state index is 12.4. The highest BCUT2D eigenvalue weighted by molar-refractivity contribution is 7.15. The quantitative estimate of drug-likeness (QED) is 0.895. The normalized spacial score (nSPS) is 20.0. The zero-order valence-electron chi connectivity index (χ0n) is 14.5. The molecular weight excluding hydrogens is 312 g/mol. The molecular formula is C16H26N4O2S. The minimum Gasteiger partial charge on any atom is -0.337 e. The third-order valence-corrected chi connectivity index (χ3v) is 5.19. The molecule has 2 heterocycles. The molecule has 0 radical (unpaired) electrons. The van der Waals surface area contributed by atoms with Crippen LogP contribution in [0, 0.1) is 5.92 Å². The highest BCUT2D eigenvalue weighted by atomic mass is 32.1. The number of carbonyl (C=O) groups excluding carboxylic acids is 2. The van der Waals surface area contributed by atoms with Gasteiger partial charge in [0.15, 0.2) is 0 Å². The first-order valence-corrected chi connectivity index (χ1v) is 8.98. The van der Waals surface area contributed by atoms with E-state index >= 15 is 0 Å². The standard InChI is InChI=1S/C16H26N4O2S/c1-6-7-10(2)14-18-19-15(23-14)17-13(22)11-8-12(21)20(9-11)16(3,4)5/h10-11H,6-9H2,1-5H3,(H,17,19,22)/t10-,11+/m1/s1. The number of carbonyl (C=O) groups is 2. The largest absolute Gasteiger partial charge is 0.337 e. The Labute approximate surface area is 141 Å². The highest BCUT2D eigenvalue weighted by Crippen LogP contribution is 2.29. The van der Waals surface area contributed by atoms with Crippen LogP contribution in [0.3, 0.4) is 0 Å². The van der Waals surface area contributed by atoms with Gasteiger partial charge in [0.05, 0.1) is 5.92 Å². The fraction of sp³-hybridized carbons (Fsp3) is 0.750. The fourth-order valence-electron chi connectivity index (χ4n) is 2.78.